The lowest BCUT2D eigenvalue weighted by Gasteiger charge is -2.21. The number of hydrogen-bond donors (Lipinski definition) is 1. The van der Waals surface area contributed by atoms with Crippen LogP contribution in [0.2, 0.25) is 5.15 Å². The number of pyridine rings is 1. The van der Waals surface area contributed by atoms with Crippen molar-refractivity contribution >= 4 is 23.2 Å². The summed E-state index contributed by atoms with van der Waals surface area (Å²) in [5.74, 6) is 0.0576. The van der Waals surface area contributed by atoms with Crippen molar-refractivity contribution in [3.05, 3.63) is 47.1 Å². The SMILES string of the molecule is O=C(NCC1CCCCC1)c1nc2c(C(F)(F)F)cc(-c3ccco3)cn2c1Cl. The second kappa shape index (κ2) is 7.74. The molecule has 5 nitrogen and oxygen atoms in total. The number of aromatic nitrogens is 2. The third-order valence-electron chi connectivity index (χ3n) is 5.26. The van der Waals surface area contributed by atoms with Crippen LogP contribution in [-0.2, 0) is 6.18 Å². The van der Waals surface area contributed by atoms with E-state index < -0.39 is 23.3 Å². The molecule has 3 aromatic heterocycles. The Bertz CT molecular complexity index is 1020. The fraction of sp³-hybridized carbons (Fsp3) is 0.400. The number of nitrogens with zero attached hydrogens (tertiary/aromatic N) is 2. The number of halogens is 4. The molecule has 1 saturated carbocycles. The van der Waals surface area contributed by atoms with E-state index in [2.05, 4.69) is 10.3 Å². The number of furan rings is 1. The Morgan fingerprint density at radius 1 is 1.31 bits per heavy atom. The minimum atomic E-state index is -4.67. The van der Waals surface area contributed by atoms with Crippen LogP contribution in [0.15, 0.2) is 35.1 Å². The summed E-state index contributed by atoms with van der Waals surface area (Å²) in [4.78, 5) is 16.5. The highest BCUT2D eigenvalue weighted by atomic mass is 35.5. The maximum Gasteiger partial charge on any atom is 0.420 e. The summed E-state index contributed by atoms with van der Waals surface area (Å²) in [6.07, 6.45) is 3.59. The number of carbonyl (C=O) groups excluding carboxylic acids is 1. The minimum Gasteiger partial charge on any atom is -0.464 e. The Balaban J connectivity index is 1.70. The van der Waals surface area contributed by atoms with E-state index >= 15 is 0 Å². The van der Waals surface area contributed by atoms with Crippen molar-refractivity contribution in [3.8, 4) is 11.3 Å². The maximum atomic E-state index is 13.6. The number of imidazole rings is 1. The molecule has 1 fully saturated rings. The van der Waals surface area contributed by atoms with E-state index in [4.69, 9.17) is 16.0 Å². The van der Waals surface area contributed by atoms with E-state index in [9.17, 15) is 18.0 Å². The maximum absolute atomic E-state index is 13.6. The third kappa shape index (κ3) is 3.99. The van der Waals surface area contributed by atoms with Gasteiger partial charge in [-0.25, -0.2) is 4.98 Å². The van der Waals surface area contributed by atoms with Crippen LogP contribution in [0, 0.1) is 5.92 Å². The van der Waals surface area contributed by atoms with Crippen LogP contribution in [0.1, 0.15) is 48.2 Å². The number of carbonyl (C=O) groups is 1. The summed E-state index contributed by atoms with van der Waals surface area (Å²) in [5.41, 5.74) is -1.44. The van der Waals surface area contributed by atoms with Gasteiger partial charge in [-0.3, -0.25) is 9.20 Å². The van der Waals surface area contributed by atoms with Gasteiger partial charge >= 0.3 is 6.18 Å². The predicted molar refractivity (Wildman–Crippen MR) is 102 cm³/mol. The number of nitrogens with one attached hydrogen (secondary N) is 1. The highest BCUT2D eigenvalue weighted by molar-refractivity contribution is 6.33. The molecule has 0 bridgehead atoms. The Morgan fingerprint density at radius 2 is 2.07 bits per heavy atom. The number of alkyl halides is 3. The first-order valence-electron chi connectivity index (χ1n) is 9.45. The summed E-state index contributed by atoms with van der Waals surface area (Å²) >= 11 is 6.27. The van der Waals surface area contributed by atoms with Gasteiger partial charge in [0.05, 0.1) is 11.8 Å². The molecular formula is C20H19ClF3N3O2. The van der Waals surface area contributed by atoms with Gasteiger partial charge in [-0.05, 0) is 37.0 Å². The monoisotopic (exact) mass is 425 g/mol. The molecule has 4 rings (SSSR count). The second-order valence-electron chi connectivity index (χ2n) is 7.28. The van der Waals surface area contributed by atoms with Crippen LogP contribution < -0.4 is 5.32 Å². The van der Waals surface area contributed by atoms with Crippen molar-refractivity contribution in [1.29, 1.82) is 0 Å². The van der Waals surface area contributed by atoms with Gasteiger partial charge in [0.15, 0.2) is 11.3 Å². The van der Waals surface area contributed by atoms with Crippen molar-refractivity contribution in [2.24, 2.45) is 5.92 Å². The number of hydrogen-bond acceptors (Lipinski definition) is 3. The molecule has 0 unspecified atom stereocenters. The van der Waals surface area contributed by atoms with Gasteiger partial charge in [-0.2, -0.15) is 13.2 Å². The molecule has 0 spiro atoms. The zero-order chi connectivity index (χ0) is 20.6. The normalized spacial score (nSPS) is 15.7. The fourth-order valence-corrected chi connectivity index (χ4v) is 4.02. The quantitative estimate of drug-likeness (QED) is 0.594. The van der Waals surface area contributed by atoms with E-state index in [0.29, 0.717) is 12.5 Å². The molecule has 0 atom stereocenters. The highest BCUT2D eigenvalue weighted by Crippen LogP contribution is 2.37. The topological polar surface area (TPSA) is 59.5 Å². The predicted octanol–water partition coefficient (Wildman–Crippen LogP) is 5.58. The van der Waals surface area contributed by atoms with Crippen LogP contribution >= 0.6 is 11.6 Å². The number of amides is 1. The summed E-state index contributed by atoms with van der Waals surface area (Å²) < 4.78 is 47.2. The van der Waals surface area contributed by atoms with Crippen LogP contribution in [0.4, 0.5) is 13.2 Å². The number of fused-ring (bicyclic) bond motifs is 1. The first-order chi connectivity index (χ1) is 13.8. The van der Waals surface area contributed by atoms with Crippen LogP contribution in [-0.4, -0.2) is 21.8 Å². The van der Waals surface area contributed by atoms with E-state index in [1.165, 1.54) is 18.9 Å². The summed E-state index contributed by atoms with van der Waals surface area (Å²) in [7, 11) is 0. The summed E-state index contributed by atoms with van der Waals surface area (Å²) in [5, 5.41) is 2.61. The first kappa shape index (κ1) is 19.8. The zero-order valence-electron chi connectivity index (χ0n) is 15.4. The molecule has 9 heteroatoms. The molecule has 1 amide bonds. The van der Waals surface area contributed by atoms with Crippen molar-refractivity contribution in [2.45, 2.75) is 38.3 Å². The van der Waals surface area contributed by atoms with Crippen molar-refractivity contribution in [3.63, 3.8) is 0 Å². The van der Waals surface area contributed by atoms with Gasteiger partial charge in [0.2, 0.25) is 0 Å². The third-order valence-corrected chi connectivity index (χ3v) is 5.63. The van der Waals surface area contributed by atoms with Gasteiger partial charge in [0, 0.05) is 18.3 Å². The first-order valence-corrected chi connectivity index (χ1v) is 9.83. The molecule has 29 heavy (non-hydrogen) atoms. The fourth-order valence-electron chi connectivity index (χ4n) is 3.76. The molecule has 0 aliphatic heterocycles. The zero-order valence-corrected chi connectivity index (χ0v) is 16.2. The van der Waals surface area contributed by atoms with E-state index in [1.54, 1.807) is 12.1 Å². The number of rotatable bonds is 4. The van der Waals surface area contributed by atoms with Crippen LogP contribution in [0.5, 0.6) is 0 Å². The molecule has 0 aromatic carbocycles. The van der Waals surface area contributed by atoms with Crippen molar-refractivity contribution in [2.75, 3.05) is 6.54 Å². The van der Waals surface area contributed by atoms with E-state index in [1.807, 2.05) is 0 Å². The largest absolute Gasteiger partial charge is 0.464 e. The smallest absolute Gasteiger partial charge is 0.420 e. The molecule has 1 N–H and O–H groups in total. The second-order valence-corrected chi connectivity index (χ2v) is 7.63. The molecule has 154 valence electrons. The van der Waals surface area contributed by atoms with Crippen molar-refractivity contribution in [1.82, 2.24) is 14.7 Å². The Kier molecular flexibility index (Phi) is 5.29. The molecule has 0 saturated heterocycles. The lowest BCUT2D eigenvalue weighted by Crippen LogP contribution is -2.30. The highest BCUT2D eigenvalue weighted by Gasteiger charge is 2.36. The van der Waals surface area contributed by atoms with Crippen molar-refractivity contribution < 1.29 is 22.4 Å². The van der Waals surface area contributed by atoms with Gasteiger partial charge in [0.25, 0.3) is 5.91 Å². The molecule has 3 heterocycles. The van der Waals surface area contributed by atoms with Gasteiger partial charge in [-0.15, -0.1) is 0 Å². The summed E-state index contributed by atoms with van der Waals surface area (Å²) in [6, 6.07) is 4.07. The van der Waals surface area contributed by atoms with Crippen LogP contribution in [0.3, 0.4) is 0 Å². The molecule has 0 radical (unpaired) electrons. The van der Waals surface area contributed by atoms with E-state index in [0.717, 1.165) is 36.2 Å². The molecule has 3 aromatic rings. The van der Waals surface area contributed by atoms with Gasteiger partial charge in [0.1, 0.15) is 10.9 Å². The standard InChI is InChI=1S/C20H19ClF3N3O2/c21-17-16(19(28)25-10-12-5-2-1-3-6-12)26-18-14(20(22,23)24)9-13(11-27(17)18)15-7-4-8-29-15/h4,7-9,11-12H,1-3,5-6,10H2,(H,25,28). The Morgan fingerprint density at radius 3 is 2.72 bits per heavy atom. The average Bonchev–Trinajstić information content (AvgIpc) is 3.34. The van der Waals surface area contributed by atoms with Gasteiger partial charge in [-0.1, -0.05) is 30.9 Å². The lowest BCUT2D eigenvalue weighted by molar-refractivity contribution is -0.136. The summed E-state index contributed by atoms with van der Waals surface area (Å²) in [6.45, 7) is 0.465. The van der Waals surface area contributed by atoms with Gasteiger partial charge < -0.3 is 9.73 Å². The van der Waals surface area contributed by atoms with Crippen LogP contribution in [0.25, 0.3) is 17.0 Å². The molecule has 1 aliphatic rings. The van der Waals surface area contributed by atoms with E-state index in [-0.39, 0.29) is 22.2 Å². The Labute approximate surface area is 169 Å². The average molecular weight is 426 g/mol. The molecule has 1 aliphatic carbocycles. The Hall–Kier alpha value is -2.48. The minimum absolute atomic E-state index is 0.167. The lowest BCUT2D eigenvalue weighted by atomic mass is 9.89. The molecular weight excluding hydrogens is 407 g/mol.